The van der Waals surface area contributed by atoms with Crippen molar-refractivity contribution in [2.45, 2.75) is 59.9 Å². The van der Waals surface area contributed by atoms with Gasteiger partial charge in [-0.1, -0.05) is 0 Å². The number of nitrogens with zero attached hydrogens (tertiary/aromatic N) is 4. The fraction of sp³-hybridized carbons (Fsp3) is 0.611. The maximum absolute atomic E-state index is 12.6. The normalized spacial score (nSPS) is 14.5. The number of fused-ring (bicyclic) bond motifs is 1. The van der Waals surface area contributed by atoms with Gasteiger partial charge in [0.05, 0.1) is 24.5 Å². The van der Waals surface area contributed by atoms with Crippen molar-refractivity contribution in [2.24, 2.45) is 0 Å². The van der Waals surface area contributed by atoms with Crippen molar-refractivity contribution in [3.8, 4) is 0 Å². The van der Waals surface area contributed by atoms with Crippen LogP contribution in [0.5, 0.6) is 0 Å². The fourth-order valence-electron chi connectivity index (χ4n) is 2.62. The summed E-state index contributed by atoms with van der Waals surface area (Å²) < 4.78 is 7.31. The molecule has 0 bridgehead atoms. The zero-order valence-corrected chi connectivity index (χ0v) is 16.2. The zero-order chi connectivity index (χ0) is 18.9. The molecule has 25 heavy (non-hydrogen) atoms. The van der Waals surface area contributed by atoms with Crippen LogP contribution in [0.2, 0.25) is 0 Å². The number of allylic oxidation sites excluding steroid dienone is 2. The van der Waals surface area contributed by atoms with Crippen molar-refractivity contribution in [1.82, 2.24) is 19.4 Å². The van der Waals surface area contributed by atoms with Gasteiger partial charge in [0.2, 0.25) is 5.78 Å². The SMILES string of the molecule is CCn1c(C(=O)/C=C(\C)N(C)C)nc2c1CN(C(=O)OC(C)(C)C)C2. The van der Waals surface area contributed by atoms with Crippen LogP contribution in [0.4, 0.5) is 4.79 Å². The molecule has 0 saturated heterocycles. The third-order valence-electron chi connectivity index (χ3n) is 4.07. The van der Waals surface area contributed by atoms with Gasteiger partial charge in [-0.15, -0.1) is 0 Å². The Morgan fingerprint density at radius 2 is 1.92 bits per heavy atom. The van der Waals surface area contributed by atoms with E-state index in [-0.39, 0.29) is 11.9 Å². The molecule has 138 valence electrons. The van der Waals surface area contributed by atoms with Gasteiger partial charge in [0.15, 0.2) is 5.82 Å². The van der Waals surface area contributed by atoms with Gasteiger partial charge in [0.25, 0.3) is 0 Å². The molecular formula is C18H28N4O3. The van der Waals surface area contributed by atoms with Crippen LogP contribution in [0.25, 0.3) is 0 Å². The molecule has 0 aromatic carbocycles. The molecule has 0 fully saturated rings. The van der Waals surface area contributed by atoms with E-state index >= 15 is 0 Å². The van der Waals surface area contributed by atoms with E-state index in [1.807, 2.05) is 58.2 Å². The predicted molar refractivity (Wildman–Crippen MR) is 95.2 cm³/mol. The lowest BCUT2D eigenvalue weighted by Gasteiger charge is -2.24. The molecule has 0 N–H and O–H groups in total. The standard InChI is InChI=1S/C18H28N4O3/c1-8-22-14-11-21(17(24)25-18(3,4)5)10-13(14)19-16(22)15(23)9-12(2)20(6)7/h9H,8,10-11H2,1-7H3/b12-9+. The van der Waals surface area contributed by atoms with Crippen molar-refractivity contribution in [3.63, 3.8) is 0 Å². The predicted octanol–water partition coefficient (Wildman–Crippen LogP) is 2.80. The Morgan fingerprint density at radius 3 is 2.44 bits per heavy atom. The van der Waals surface area contributed by atoms with Gasteiger partial charge < -0.3 is 14.2 Å². The summed E-state index contributed by atoms with van der Waals surface area (Å²) in [5.74, 6) is 0.309. The van der Waals surface area contributed by atoms with Gasteiger partial charge in [-0.05, 0) is 34.6 Å². The van der Waals surface area contributed by atoms with Gasteiger partial charge in [-0.2, -0.15) is 0 Å². The highest BCUT2D eigenvalue weighted by atomic mass is 16.6. The molecule has 0 aliphatic carbocycles. The van der Waals surface area contributed by atoms with E-state index in [9.17, 15) is 9.59 Å². The molecule has 2 rings (SSSR count). The largest absolute Gasteiger partial charge is 0.444 e. The molecule has 0 spiro atoms. The van der Waals surface area contributed by atoms with Gasteiger partial charge in [-0.25, -0.2) is 9.78 Å². The maximum Gasteiger partial charge on any atom is 0.410 e. The minimum absolute atomic E-state index is 0.119. The van der Waals surface area contributed by atoms with Crippen LogP contribution in [0.3, 0.4) is 0 Å². The summed E-state index contributed by atoms with van der Waals surface area (Å²) in [5.41, 5.74) is 2.01. The summed E-state index contributed by atoms with van der Waals surface area (Å²) in [4.78, 5) is 32.8. The van der Waals surface area contributed by atoms with Crippen LogP contribution in [-0.4, -0.2) is 50.9 Å². The smallest absolute Gasteiger partial charge is 0.410 e. The third kappa shape index (κ3) is 4.21. The number of ether oxygens (including phenoxy) is 1. The molecule has 0 atom stereocenters. The number of hydrogen-bond donors (Lipinski definition) is 0. The number of hydrogen-bond acceptors (Lipinski definition) is 5. The van der Waals surface area contributed by atoms with E-state index in [4.69, 9.17) is 4.74 Å². The summed E-state index contributed by atoms with van der Waals surface area (Å²) in [5, 5.41) is 0. The van der Waals surface area contributed by atoms with Crippen LogP contribution in [0, 0.1) is 0 Å². The third-order valence-corrected chi connectivity index (χ3v) is 4.07. The lowest BCUT2D eigenvalue weighted by atomic mass is 10.2. The minimum Gasteiger partial charge on any atom is -0.444 e. The van der Waals surface area contributed by atoms with Crippen LogP contribution < -0.4 is 0 Å². The summed E-state index contributed by atoms with van der Waals surface area (Å²) >= 11 is 0. The van der Waals surface area contributed by atoms with E-state index in [1.165, 1.54) is 0 Å². The summed E-state index contributed by atoms with van der Waals surface area (Å²) in [6, 6.07) is 0. The second kappa shape index (κ2) is 6.90. The lowest BCUT2D eigenvalue weighted by molar-refractivity contribution is 0.0237. The van der Waals surface area contributed by atoms with Crippen molar-refractivity contribution >= 4 is 11.9 Å². The van der Waals surface area contributed by atoms with E-state index in [1.54, 1.807) is 11.0 Å². The Balaban J connectivity index is 2.22. The highest BCUT2D eigenvalue weighted by molar-refractivity contribution is 6.02. The van der Waals surface area contributed by atoms with E-state index in [2.05, 4.69) is 4.98 Å². The first-order valence-corrected chi connectivity index (χ1v) is 8.49. The molecule has 1 aromatic heterocycles. The Hall–Kier alpha value is -2.31. The summed E-state index contributed by atoms with van der Waals surface area (Å²) in [6.45, 7) is 10.8. The average Bonchev–Trinajstić information content (AvgIpc) is 3.02. The Kier molecular flexibility index (Phi) is 5.25. The number of imidazole rings is 1. The van der Waals surface area contributed by atoms with E-state index < -0.39 is 5.60 Å². The second-order valence-corrected chi connectivity index (χ2v) is 7.45. The molecule has 2 heterocycles. The quantitative estimate of drug-likeness (QED) is 0.618. The number of amides is 1. The zero-order valence-electron chi connectivity index (χ0n) is 16.2. The van der Waals surface area contributed by atoms with Crippen molar-refractivity contribution in [1.29, 1.82) is 0 Å². The number of carbonyl (C=O) groups excluding carboxylic acids is 2. The first-order valence-electron chi connectivity index (χ1n) is 8.49. The highest BCUT2D eigenvalue weighted by Gasteiger charge is 2.33. The topological polar surface area (TPSA) is 67.7 Å². The van der Waals surface area contributed by atoms with Crippen LogP contribution >= 0.6 is 0 Å². The molecule has 1 amide bonds. The van der Waals surface area contributed by atoms with Gasteiger partial charge in [-0.3, -0.25) is 9.69 Å². The number of rotatable bonds is 4. The minimum atomic E-state index is -0.534. The Labute approximate surface area is 149 Å². The summed E-state index contributed by atoms with van der Waals surface area (Å²) in [6.07, 6.45) is 1.24. The molecular weight excluding hydrogens is 320 g/mol. The van der Waals surface area contributed by atoms with E-state index in [0.29, 0.717) is 25.5 Å². The summed E-state index contributed by atoms with van der Waals surface area (Å²) in [7, 11) is 3.79. The molecule has 1 aliphatic heterocycles. The van der Waals surface area contributed by atoms with Gasteiger partial charge >= 0.3 is 6.09 Å². The number of aromatic nitrogens is 2. The number of ketones is 1. The molecule has 7 nitrogen and oxygen atoms in total. The molecule has 1 aliphatic rings. The Morgan fingerprint density at radius 1 is 1.28 bits per heavy atom. The second-order valence-electron chi connectivity index (χ2n) is 7.45. The first kappa shape index (κ1) is 19.0. The molecule has 7 heteroatoms. The van der Waals surface area contributed by atoms with Crippen LogP contribution in [0.15, 0.2) is 11.8 Å². The van der Waals surface area contributed by atoms with E-state index in [0.717, 1.165) is 17.1 Å². The number of carbonyl (C=O) groups is 2. The van der Waals surface area contributed by atoms with Crippen molar-refractivity contribution < 1.29 is 14.3 Å². The molecule has 0 saturated carbocycles. The Bertz CT molecular complexity index is 711. The van der Waals surface area contributed by atoms with Crippen molar-refractivity contribution in [2.75, 3.05) is 14.1 Å². The molecule has 0 unspecified atom stereocenters. The van der Waals surface area contributed by atoms with Crippen LogP contribution in [-0.2, 0) is 24.4 Å². The van der Waals surface area contributed by atoms with Gasteiger partial charge in [0.1, 0.15) is 5.60 Å². The van der Waals surface area contributed by atoms with Crippen LogP contribution in [0.1, 0.15) is 56.6 Å². The van der Waals surface area contributed by atoms with Gasteiger partial charge in [0, 0.05) is 32.4 Å². The van der Waals surface area contributed by atoms with Crippen molar-refractivity contribution in [3.05, 3.63) is 29.0 Å². The molecule has 0 radical (unpaired) electrons. The maximum atomic E-state index is 12.6. The monoisotopic (exact) mass is 348 g/mol. The fourth-order valence-corrected chi connectivity index (χ4v) is 2.62. The molecule has 1 aromatic rings. The highest BCUT2D eigenvalue weighted by Crippen LogP contribution is 2.26. The lowest BCUT2D eigenvalue weighted by Crippen LogP contribution is -2.34. The first-order chi connectivity index (χ1) is 11.5. The average molecular weight is 348 g/mol.